The van der Waals surface area contributed by atoms with Crippen molar-refractivity contribution in [2.75, 3.05) is 0 Å². The van der Waals surface area contributed by atoms with Crippen molar-refractivity contribution >= 4 is 16.9 Å². The summed E-state index contributed by atoms with van der Waals surface area (Å²) in [6.07, 6.45) is -0.577. The van der Waals surface area contributed by atoms with E-state index in [9.17, 15) is 24.2 Å². The molecule has 7 nitrogen and oxygen atoms in total. The Balaban J connectivity index is 0.00000111. The molecule has 2 unspecified atom stereocenters. The van der Waals surface area contributed by atoms with E-state index in [0.717, 1.165) is 10.9 Å². The summed E-state index contributed by atoms with van der Waals surface area (Å²) in [5.41, 5.74) is 3.01. The highest BCUT2D eigenvalue weighted by Crippen LogP contribution is 2.47. The Labute approximate surface area is 189 Å². The van der Waals surface area contributed by atoms with Crippen molar-refractivity contribution in [3.05, 3.63) is 61.7 Å². The summed E-state index contributed by atoms with van der Waals surface area (Å²) >= 11 is 0. The molecule has 0 amide bonds. The number of aliphatic hydroxyl groups excluding tert-OH is 1. The third kappa shape index (κ3) is 2.83. The smallest absolute Gasteiger partial charge is 0.340 e. The molecule has 172 valence electrons. The minimum atomic E-state index is -1.54. The van der Waals surface area contributed by atoms with Crippen LogP contribution in [0.5, 0.6) is 0 Å². The summed E-state index contributed by atoms with van der Waals surface area (Å²) in [6.45, 7) is 7.46. The molecule has 0 spiro atoms. The lowest BCUT2D eigenvalue weighted by Gasteiger charge is -2.33. The third-order valence-corrected chi connectivity index (χ3v) is 6.97. The molecule has 2 N–H and O–H groups in total. The monoisotopic (exact) mass is 452 g/mol. The number of ether oxygens (including phenoxy) is 1. The number of carbonyl (C=O) groups is 1. The van der Waals surface area contributed by atoms with Gasteiger partial charge < -0.3 is 19.5 Å². The summed E-state index contributed by atoms with van der Waals surface area (Å²) in [5.74, 6) is -1.16. The van der Waals surface area contributed by atoms with E-state index < -0.39 is 17.7 Å². The van der Waals surface area contributed by atoms with Crippen LogP contribution < -0.4 is 5.56 Å². The highest BCUT2D eigenvalue weighted by atomic mass is 19.1. The summed E-state index contributed by atoms with van der Waals surface area (Å²) in [4.78, 5) is 29.7. The number of hydrogen-bond donors (Lipinski definition) is 2. The molecule has 8 heteroatoms. The van der Waals surface area contributed by atoms with E-state index in [1.165, 1.54) is 10.6 Å². The molecule has 0 fully saturated rings. The quantitative estimate of drug-likeness (QED) is 0.398. The lowest BCUT2D eigenvalue weighted by Crippen LogP contribution is -2.32. The van der Waals surface area contributed by atoms with Gasteiger partial charge in [-0.25, -0.2) is 14.2 Å². The number of aliphatic hydroxyl groups is 2. The number of aryl methyl sites for hydroxylation is 1. The number of rotatable bonds is 0. The third-order valence-electron chi connectivity index (χ3n) is 6.97. The van der Waals surface area contributed by atoms with Crippen LogP contribution in [-0.4, -0.2) is 25.7 Å². The fourth-order valence-corrected chi connectivity index (χ4v) is 5.33. The first-order valence-electron chi connectivity index (χ1n) is 11.2. The number of benzene rings is 1. The molecule has 0 bridgehead atoms. The zero-order valence-corrected chi connectivity index (χ0v) is 19.0. The van der Waals surface area contributed by atoms with Gasteiger partial charge in [-0.05, 0) is 43.9 Å². The highest BCUT2D eigenvalue weighted by Gasteiger charge is 2.40. The van der Waals surface area contributed by atoms with E-state index in [2.05, 4.69) is 0 Å². The van der Waals surface area contributed by atoms with Gasteiger partial charge in [0.15, 0.2) is 6.10 Å². The molecule has 0 saturated heterocycles. The Hall–Kier alpha value is -3.10. The molecule has 0 radical (unpaired) electrons. The minimum absolute atomic E-state index is 0.199. The number of esters is 1. The number of cyclic esters (lactones) is 1. The van der Waals surface area contributed by atoms with Crippen LogP contribution in [0.25, 0.3) is 22.3 Å². The average molecular weight is 452 g/mol. The van der Waals surface area contributed by atoms with Gasteiger partial charge in [0.05, 0.1) is 34.6 Å². The van der Waals surface area contributed by atoms with E-state index in [-0.39, 0.29) is 35.7 Å². The molecule has 0 saturated carbocycles. The molecule has 1 aromatic carbocycles. The van der Waals surface area contributed by atoms with Crippen LogP contribution in [0, 0.1) is 12.7 Å². The summed E-state index contributed by atoms with van der Waals surface area (Å²) in [5, 5.41) is 22.3. The second-order valence-corrected chi connectivity index (χ2v) is 8.81. The summed E-state index contributed by atoms with van der Waals surface area (Å²) in [7, 11) is 0. The van der Waals surface area contributed by atoms with E-state index in [0.29, 0.717) is 46.4 Å². The van der Waals surface area contributed by atoms with Gasteiger partial charge in [-0.15, -0.1) is 0 Å². The first-order valence-corrected chi connectivity index (χ1v) is 11.2. The molecule has 6 rings (SSSR count). The van der Waals surface area contributed by atoms with Crippen molar-refractivity contribution in [2.24, 2.45) is 0 Å². The molecular formula is C25H25FN2O5. The average Bonchev–Trinajstić information content (AvgIpc) is 3.15. The first-order chi connectivity index (χ1) is 15.7. The fraction of sp³-hybridized carbons (Fsp3) is 0.400. The minimum Gasteiger partial charge on any atom is -0.458 e. The Bertz CT molecular complexity index is 1420. The second kappa shape index (κ2) is 7.20. The van der Waals surface area contributed by atoms with Gasteiger partial charge >= 0.3 is 5.97 Å². The largest absolute Gasteiger partial charge is 0.458 e. The van der Waals surface area contributed by atoms with E-state index >= 15 is 0 Å². The lowest BCUT2D eigenvalue weighted by atomic mass is 9.76. The van der Waals surface area contributed by atoms with Crippen LogP contribution in [-0.2, 0) is 34.7 Å². The Morgan fingerprint density at radius 2 is 1.94 bits per heavy atom. The molecular weight excluding hydrogens is 427 g/mol. The molecule has 3 aromatic rings. The summed E-state index contributed by atoms with van der Waals surface area (Å²) < 4.78 is 21.1. The Morgan fingerprint density at radius 1 is 1.21 bits per heavy atom. The Kier molecular flexibility index (Phi) is 4.74. The number of aromatic nitrogens is 2. The van der Waals surface area contributed by atoms with Gasteiger partial charge in [0.25, 0.3) is 5.56 Å². The number of carbonyl (C=O) groups excluding carboxylic acids is 1. The topological polar surface area (TPSA) is 102 Å². The predicted octanol–water partition coefficient (Wildman–Crippen LogP) is 3.14. The fourth-order valence-electron chi connectivity index (χ4n) is 5.33. The van der Waals surface area contributed by atoms with Crippen LogP contribution in [0.15, 0.2) is 16.9 Å². The van der Waals surface area contributed by atoms with Crippen molar-refractivity contribution in [2.45, 2.75) is 65.4 Å². The SMILES string of the molecule is CC.Cc1c(F)cc2nc3c(c4c2c1CCC4(C)O)Cn1c-3cc2c(c1=O)COC(=O)C2O. The Morgan fingerprint density at radius 3 is 2.67 bits per heavy atom. The van der Waals surface area contributed by atoms with Crippen molar-refractivity contribution in [1.29, 1.82) is 0 Å². The van der Waals surface area contributed by atoms with Gasteiger partial charge in [0.1, 0.15) is 12.4 Å². The maximum atomic E-state index is 14.6. The standard InChI is InChI=1S/C23H19FN2O5.C2H6/c1-9-10-3-4-23(2,30)18-12-7-26-16(19(12)25-15(17(10)18)6-14(9)24)5-11-13(21(26)28)8-31-22(29)20(11)27;1-2/h5-6,20,27,30H,3-4,7-8H2,1-2H3;1-2H3. The molecule has 1 aliphatic carbocycles. The normalized spacial score (nSPS) is 22.2. The number of nitrogens with zero attached hydrogens (tertiary/aromatic N) is 2. The van der Waals surface area contributed by atoms with E-state index in [4.69, 9.17) is 9.72 Å². The number of halogens is 1. The van der Waals surface area contributed by atoms with Gasteiger partial charge in [0, 0.05) is 28.1 Å². The molecule has 4 heterocycles. The first kappa shape index (κ1) is 21.7. The molecule has 33 heavy (non-hydrogen) atoms. The van der Waals surface area contributed by atoms with E-state index in [1.54, 1.807) is 19.9 Å². The van der Waals surface area contributed by atoms with Gasteiger partial charge in [-0.1, -0.05) is 13.8 Å². The van der Waals surface area contributed by atoms with Crippen molar-refractivity contribution in [1.82, 2.24) is 9.55 Å². The zero-order chi connectivity index (χ0) is 23.8. The zero-order valence-electron chi connectivity index (χ0n) is 19.0. The molecule has 2 aliphatic heterocycles. The summed E-state index contributed by atoms with van der Waals surface area (Å²) in [6, 6.07) is 2.95. The van der Waals surface area contributed by atoms with Gasteiger partial charge in [0.2, 0.25) is 0 Å². The van der Waals surface area contributed by atoms with Crippen LogP contribution in [0.4, 0.5) is 4.39 Å². The number of fused-ring (bicyclic) bond motifs is 5. The second-order valence-electron chi connectivity index (χ2n) is 8.81. The lowest BCUT2D eigenvalue weighted by molar-refractivity contribution is -0.157. The number of hydrogen-bond acceptors (Lipinski definition) is 6. The van der Waals surface area contributed by atoms with Gasteiger partial charge in [-0.3, -0.25) is 4.79 Å². The van der Waals surface area contributed by atoms with Crippen molar-refractivity contribution in [3.8, 4) is 11.4 Å². The predicted molar refractivity (Wildman–Crippen MR) is 119 cm³/mol. The van der Waals surface area contributed by atoms with Gasteiger partial charge in [-0.2, -0.15) is 0 Å². The van der Waals surface area contributed by atoms with Crippen LogP contribution in [0.1, 0.15) is 66.7 Å². The number of pyridine rings is 2. The van der Waals surface area contributed by atoms with Crippen LogP contribution in [0.3, 0.4) is 0 Å². The van der Waals surface area contributed by atoms with Crippen LogP contribution >= 0.6 is 0 Å². The maximum Gasteiger partial charge on any atom is 0.340 e. The highest BCUT2D eigenvalue weighted by molar-refractivity contribution is 5.93. The molecule has 2 aromatic heterocycles. The van der Waals surface area contributed by atoms with Crippen molar-refractivity contribution in [3.63, 3.8) is 0 Å². The van der Waals surface area contributed by atoms with Crippen LogP contribution in [0.2, 0.25) is 0 Å². The maximum absolute atomic E-state index is 14.6. The van der Waals surface area contributed by atoms with E-state index in [1.807, 2.05) is 13.8 Å². The van der Waals surface area contributed by atoms with Crippen molar-refractivity contribution < 1.29 is 24.1 Å². The molecule has 2 atom stereocenters. The molecule has 3 aliphatic rings.